The van der Waals surface area contributed by atoms with Gasteiger partial charge >= 0.3 is 0 Å². The van der Waals surface area contributed by atoms with Crippen LogP contribution in [0.3, 0.4) is 0 Å². The minimum absolute atomic E-state index is 0.654. The molecule has 0 saturated heterocycles. The zero-order valence-corrected chi connectivity index (χ0v) is 10.0. The minimum atomic E-state index is 0.654. The first-order valence-corrected chi connectivity index (χ1v) is 5.37. The Kier molecular flexibility index (Phi) is 3.23. The summed E-state index contributed by atoms with van der Waals surface area (Å²) in [5.41, 5.74) is 8.74. The number of benzene rings is 1. The van der Waals surface area contributed by atoms with Crippen molar-refractivity contribution in [1.29, 1.82) is 0 Å². The number of hydrogen-bond acceptors (Lipinski definition) is 4. The number of ether oxygens (including phenoxy) is 1. The highest BCUT2D eigenvalue weighted by molar-refractivity contribution is 5.73. The molecule has 0 radical (unpaired) electrons. The SMILES string of the molecule is COc1cccc(N(C)Cc2ccoc2)c1N. The topological polar surface area (TPSA) is 51.6 Å². The predicted octanol–water partition coefficient (Wildman–Crippen LogP) is 2.51. The van der Waals surface area contributed by atoms with Crippen LogP contribution in [0.2, 0.25) is 0 Å². The average molecular weight is 232 g/mol. The fourth-order valence-electron chi connectivity index (χ4n) is 1.78. The van der Waals surface area contributed by atoms with Crippen LogP contribution in [0.5, 0.6) is 5.75 Å². The largest absolute Gasteiger partial charge is 0.495 e. The van der Waals surface area contributed by atoms with Crippen LogP contribution in [0.1, 0.15) is 5.56 Å². The third-order valence-electron chi connectivity index (χ3n) is 2.67. The summed E-state index contributed by atoms with van der Waals surface area (Å²) in [7, 11) is 3.60. The van der Waals surface area contributed by atoms with Gasteiger partial charge < -0.3 is 19.8 Å². The number of methoxy groups -OCH3 is 1. The second kappa shape index (κ2) is 4.82. The molecule has 0 amide bonds. The van der Waals surface area contributed by atoms with Gasteiger partial charge in [-0.05, 0) is 18.2 Å². The molecule has 4 nitrogen and oxygen atoms in total. The minimum Gasteiger partial charge on any atom is -0.495 e. The molecule has 2 aromatic rings. The first-order chi connectivity index (χ1) is 8.22. The van der Waals surface area contributed by atoms with E-state index in [1.54, 1.807) is 19.6 Å². The van der Waals surface area contributed by atoms with Crippen LogP contribution in [0.25, 0.3) is 0 Å². The van der Waals surface area contributed by atoms with Crippen LogP contribution in [-0.2, 0) is 6.54 Å². The number of anilines is 2. The maximum Gasteiger partial charge on any atom is 0.143 e. The summed E-state index contributed by atoms with van der Waals surface area (Å²) in [6, 6.07) is 7.69. The zero-order chi connectivity index (χ0) is 12.3. The summed E-state index contributed by atoms with van der Waals surface area (Å²) in [6.07, 6.45) is 3.39. The second-order valence-corrected chi connectivity index (χ2v) is 3.88. The van der Waals surface area contributed by atoms with Gasteiger partial charge in [0.25, 0.3) is 0 Å². The number of hydrogen-bond donors (Lipinski definition) is 1. The van der Waals surface area contributed by atoms with E-state index < -0.39 is 0 Å². The Morgan fingerprint density at radius 1 is 1.35 bits per heavy atom. The molecule has 0 spiro atoms. The van der Waals surface area contributed by atoms with Gasteiger partial charge in [-0.2, -0.15) is 0 Å². The quantitative estimate of drug-likeness (QED) is 0.823. The lowest BCUT2D eigenvalue weighted by atomic mass is 10.2. The molecule has 2 N–H and O–H groups in total. The van der Waals surface area contributed by atoms with Crippen molar-refractivity contribution < 1.29 is 9.15 Å². The third kappa shape index (κ3) is 2.36. The number of rotatable bonds is 4. The summed E-state index contributed by atoms with van der Waals surface area (Å²) < 4.78 is 10.2. The van der Waals surface area contributed by atoms with E-state index in [-0.39, 0.29) is 0 Å². The van der Waals surface area contributed by atoms with E-state index in [1.165, 1.54) is 0 Å². The predicted molar refractivity (Wildman–Crippen MR) is 68.2 cm³/mol. The van der Waals surface area contributed by atoms with E-state index in [1.807, 2.05) is 31.3 Å². The highest BCUT2D eigenvalue weighted by atomic mass is 16.5. The molecule has 0 aliphatic rings. The van der Waals surface area contributed by atoms with Crippen molar-refractivity contribution in [2.75, 3.05) is 24.8 Å². The molecule has 17 heavy (non-hydrogen) atoms. The van der Waals surface area contributed by atoms with Gasteiger partial charge in [-0.15, -0.1) is 0 Å². The Labute approximate surface area is 101 Å². The Hall–Kier alpha value is -2.10. The molecule has 4 heteroatoms. The molecular formula is C13H16N2O2. The van der Waals surface area contributed by atoms with Gasteiger partial charge in [0.15, 0.2) is 0 Å². The van der Waals surface area contributed by atoms with Crippen LogP contribution in [-0.4, -0.2) is 14.2 Å². The Balaban J connectivity index is 2.22. The molecule has 0 fully saturated rings. The lowest BCUT2D eigenvalue weighted by Gasteiger charge is -2.21. The van der Waals surface area contributed by atoms with Crippen molar-refractivity contribution in [3.63, 3.8) is 0 Å². The van der Waals surface area contributed by atoms with E-state index >= 15 is 0 Å². The number of para-hydroxylation sites is 1. The highest BCUT2D eigenvalue weighted by Gasteiger charge is 2.10. The summed E-state index contributed by atoms with van der Waals surface area (Å²) in [4.78, 5) is 2.06. The summed E-state index contributed by atoms with van der Waals surface area (Å²) in [6.45, 7) is 0.744. The zero-order valence-electron chi connectivity index (χ0n) is 10.0. The fourth-order valence-corrected chi connectivity index (χ4v) is 1.78. The van der Waals surface area contributed by atoms with Crippen LogP contribution in [0.15, 0.2) is 41.2 Å². The molecule has 1 aromatic heterocycles. The van der Waals surface area contributed by atoms with Crippen LogP contribution >= 0.6 is 0 Å². The lowest BCUT2D eigenvalue weighted by molar-refractivity contribution is 0.417. The first kappa shape index (κ1) is 11.4. The molecule has 1 heterocycles. The molecule has 1 aromatic carbocycles. The van der Waals surface area contributed by atoms with Gasteiger partial charge in [0.2, 0.25) is 0 Å². The van der Waals surface area contributed by atoms with Crippen LogP contribution < -0.4 is 15.4 Å². The fraction of sp³-hybridized carbons (Fsp3) is 0.231. The van der Waals surface area contributed by atoms with Gasteiger partial charge in [-0.3, -0.25) is 0 Å². The molecule has 0 bridgehead atoms. The molecule has 90 valence electrons. The van der Waals surface area contributed by atoms with E-state index in [0.29, 0.717) is 11.4 Å². The van der Waals surface area contributed by atoms with Crippen molar-refractivity contribution in [2.45, 2.75) is 6.54 Å². The van der Waals surface area contributed by atoms with E-state index in [2.05, 4.69) is 4.90 Å². The number of nitrogens with zero attached hydrogens (tertiary/aromatic N) is 1. The molecule has 2 rings (SSSR count). The Morgan fingerprint density at radius 3 is 2.82 bits per heavy atom. The van der Waals surface area contributed by atoms with E-state index in [4.69, 9.17) is 14.9 Å². The first-order valence-electron chi connectivity index (χ1n) is 5.37. The van der Waals surface area contributed by atoms with Gasteiger partial charge in [0.1, 0.15) is 5.75 Å². The highest BCUT2D eigenvalue weighted by Crippen LogP contribution is 2.31. The van der Waals surface area contributed by atoms with E-state index in [0.717, 1.165) is 17.8 Å². The molecule has 0 saturated carbocycles. The molecule has 0 aliphatic carbocycles. The van der Waals surface area contributed by atoms with Gasteiger partial charge in [-0.1, -0.05) is 6.07 Å². The number of nitrogens with two attached hydrogens (primary N) is 1. The van der Waals surface area contributed by atoms with Gasteiger partial charge in [-0.25, -0.2) is 0 Å². The monoisotopic (exact) mass is 232 g/mol. The van der Waals surface area contributed by atoms with Crippen molar-refractivity contribution in [3.05, 3.63) is 42.4 Å². The maximum atomic E-state index is 6.03. The van der Waals surface area contributed by atoms with E-state index in [9.17, 15) is 0 Å². The third-order valence-corrected chi connectivity index (χ3v) is 2.67. The summed E-state index contributed by atoms with van der Waals surface area (Å²) >= 11 is 0. The van der Waals surface area contributed by atoms with Gasteiger partial charge in [0, 0.05) is 19.2 Å². The van der Waals surface area contributed by atoms with Crippen LogP contribution in [0, 0.1) is 0 Å². The molecule has 0 aliphatic heterocycles. The Bertz CT molecular complexity index is 480. The normalized spacial score (nSPS) is 10.2. The van der Waals surface area contributed by atoms with Gasteiger partial charge in [0.05, 0.1) is 31.0 Å². The van der Waals surface area contributed by atoms with Crippen molar-refractivity contribution in [3.8, 4) is 5.75 Å². The molecule has 0 atom stereocenters. The number of nitrogen functional groups attached to an aromatic ring is 1. The summed E-state index contributed by atoms with van der Waals surface area (Å²) in [5.74, 6) is 0.696. The van der Waals surface area contributed by atoms with Crippen molar-refractivity contribution in [2.24, 2.45) is 0 Å². The molecular weight excluding hydrogens is 216 g/mol. The lowest BCUT2D eigenvalue weighted by Crippen LogP contribution is -2.17. The average Bonchev–Trinajstić information content (AvgIpc) is 2.82. The van der Waals surface area contributed by atoms with Crippen molar-refractivity contribution >= 4 is 11.4 Å². The van der Waals surface area contributed by atoms with Crippen LogP contribution in [0.4, 0.5) is 11.4 Å². The van der Waals surface area contributed by atoms with Crippen molar-refractivity contribution in [1.82, 2.24) is 0 Å². The maximum absolute atomic E-state index is 6.03. The summed E-state index contributed by atoms with van der Waals surface area (Å²) in [5, 5.41) is 0. The smallest absolute Gasteiger partial charge is 0.143 e. The Morgan fingerprint density at radius 2 is 2.18 bits per heavy atom. The second-order valence-electron chi connectivity index (χ2n) is 3.88. The molecule has 0 unspecified atom stereocenters. The number of furan rings is 1. The standard InChI is InChI=1S/C13H16N2O2/c1-15(8-10-6-7-17-9-10)11-4-3-5-12(16-2)13(11)14/h3-7,9H,8,14H2,1-2H3.